The lowest BCUT2D eigenvalue weighted by molar-refractivity contribution is 0.0943. The molecule has 3 rings (SSSR count). The van der Waals surface area contributed by atoms with Crippen molar-refractivity contribution < 1.29 is 17.7 Å². The van der Waals surface area contributed by atoms with Gasteiger partial charge in [0.25, 0.3) is 5.91 Å². The third-order valence-corrected chi connectivity index (χ3v) is 5.15. The molecule has 0 spiro atoms. The number of hydrogen-bond acceptors (Lipinski definition) is 6. The number of benzene rings is 2. The number of carbonyl (C=O) groups excluding carboxylic acids is 1. The molecule has 146 valence electrons. The summed E-state index contributed by atoms with van der Waals surface area (Å²) in [6.07, 6.45) is 0. The van der Waals surface area contributed by atoms with Crippen LogP contribution in [0.1, 0.15) is 30.1 Å². The van der Waals surface area contributed by atoms with Gasteiger partial charge < -0.3 is 9.84 Å². The molecule has 0 fully saturated rings. The van der Waals surface area contributed by atoms with Crippen molar-refractivity contribution in [2.45, 2.75) is 31.3 Å². The van der Waals surface area contributed by atoms with Gasteiger partial charge in [-0.05, 0) is 38.1 Å². The van der Waals surface area contributed by atoms with Gasteiger partial charge in [-0.1, -0.05) is 35.5 Å². The Kier molecular flexibility index (Phi) is 5.86. The number of rotatable bonds is 7. The molecule has 28 heavy (non-hydrogen) atoms. The molecule has 3 aromatic rings. The maximum atomic E-state index is 12.2. The van der Waals surface area contributed by atoms with Crippen molar-refractivity contribution in [3.8, 4) is 11.4 Å². The van der Waals surface area contributed by atoms with Gasteiger partial charge in [0.1, 0.15) is 0 Å². The zero-order chi connectivity index (χ0) is 20.1. The quantitative estimate of drug-likeness (QED) is 0.629. The van der Waals surface area contributed by atoms with Crippen LogP contribution in [-0.4, -0.2) is 30.5 Å². The molecule has 0 unspecified atom stereocenters. The maximum Gasteiger partial charge on any atom is 0.251 e. The van der Waals surface area contributed by atoms with Crippen LogP contribution in [0, 0.1) is 0 Å². The molecular formula is C19H20N4O4S. The molecule has 2 aromatic carbocycles. The lowest BCUT2D eigenvalue weighted by Gasteiger charge is -2.08. The maximum absolute atomic E-state index is 12.2. The molecule has 0 aliphatic heterocycles. The molecule has 1 heterocycles. The van der Waals surface area contributed by atoms with Crippen LogP contribution in [0.5, 0.6) is 0 Å². The first-order chi connectivity index (χ1) is 13.3. The summed E-state index contributed by atoms with van der Waals surface area (Å²) in [4.78, 5) is 16.5. The Morgan fingerprint density at radius 1 is 1.11 bits per heavy atom. The summed E-state index contributed by atoms with van der Waals surface area (Å²) >= 11 is 0. The molecule has 0 atom stereocenters. The van der Waals surface area contributed by atoms with Gasteiger partial charge in [-0.15, -0.1) is 0 Å². The number of nitrogens with one attached hydrogen (secondary N) is 2. The molecule has 2 N–H and O–H groups in total. The smallest absolute Gasteiger partial charge is 0.251 e. The number of sulfonamides is 1. The summed E-state index contributed by atoms with van der Waals surface area (Å²) < 4.78 is 32.0. The van der Waals surface area contributed by atoms with E-state index in [0.29, 0.717) is 11.1 Å². The van der Waals surface area contributed by atoms with E-state index in [1.54, 1.807) is 42.5 Å². The topological polar surface area (TPSA) is 114 Å². The molecule has 9 heteroatoms. The molecule has 0 radical (unpaired) electrons. The summed E-state index contributed by atoms with van der Waals surface area (Å²) in [5.41, 5.74) is 1.07. The van der Waals surface area contributed by atoms with Crippen LogP contribution in [0.3, 0.4) is 0 Å². The van der Waals surface area contributed by atoms with Crippen LogP contribution >= 0.6 is 0 Å². The van der Waals surface area contributed by atoms with E-state index in [4.69, 9.17) is 4.52 Å². The van der Waals surface area contributed by atoms with E-state index in [1.165, 1.54) is 12.1 Å². The highest BCUT2D eigenvalue weighted by atomic mass is 32.2. The third kappa shape index (κ3) is 4.81. The van der Waals surface area contributed by atoms with Gasteiger partial charge in [0.15, 0.2) is 0 Å². The Morgan fingerprint density at radius 3 is 2.57 bits per heavy atom. The van der Waals surface area contributed by atoms with Crippen molar-refractivity contribution in [2.75, 3.05) is 0 Å². The second-order valence-electron chi connectivity index (χ2n) is 6.36. The minimum absolute atomic E-state index is 0.0190. The van der Waals surface area contributed by atoms with Gasteiger partial charge >= 0.3 is 0 Å². The fourth-order valence-electron chi connectivity index (χ4n) is 2.43. The van der Waals surface area contributed by atoms with Crippen LogP contribution in [0.15, 0.2) is 64.0 Å². The highest BCUT2D eigenvalue weighted by Crippen LogP contribution is 2.18. The second-order valence-corrected chi connectivity index (χ2v) is 8.13. The predicted molar refractivity (Wildman–Crippen MR) is 103 cm³/mol. The van der Waals surface area contributed by atoms with Gasteiger partial charge in [0, 0.05) is 17.2 Å². The number of nitrogens with zero attached hydrogens (tertiary/aromatic N) is 2. The first-order valence-electron chi connectivity index (χ1n) is 8.64. The molecule has 0 bridgehead atoms. The van der Waals surface area contributed by atoms with E-state index in [2.05, 4.69) is 20.2 Å². The third-order valence-electron chi connectivity index (χ3n) is 3.74. The zero-order valence-corrected chi connectivity index (χ0v) is 16.2. The molecule has 1 amide bonds. The predicted octanol–water partition coefficient (Wildman–Crippen LogP) is 2.35. The second kappa shape index (κ2) is 8.32. The van der Waals surface area contributed by atoms with Crippen molar-refractivity contribution in [1.82, 2.24) is 20.2 Å². The average molecular weight is 400 g/mol. The minimum atomic E-state index is -3.67. The van der Waals surface area contributed by atoms with Crippen LogP contribution in [-0.2, 0) is 16.6 Å². The monoisotopic (exact) mass is 400 g/mol. The fraction of sp³-hybridized carbons (Fsp3) is 0.211. The summed E-state index contributed by atoms with van der Waals surface area (Å²) in [6.45, 7) is 3.62. The van der Waals surface area contributed by atoms with Crippen molar-refractivity contribution in [3.05, 3.63) is 66.1 Å². The van der Waals surface area contributed by atoms with Crippen LogP contribution in [0.4, 0.5) is 0 Å². The molecule has 0 aliphatic rings. The van der Waals surface area contributed by atoms with Crippen molar-refractivity contribution in [1.29, 1.82) is 0 Å². The van der Waals surface area contributed by atoms with Gasteiger partial charge in [-0.3, -0.25) is 4.79 Å². The van der Waals surface area contributed by atoms with Crippen LogP contribution in [0.2, 0.25) is 0 Å². The molecule has 0 saturated carbocycles. The average Bonchev–Trinajstić information content (AvgIpc) is 3.16. The summed E-state index contributed by atoms with van der Waals surface area (Å²) in [7, 11) is -3.67. The Hall–Kier alpha value is -3.04. The Bertz CT molecular complexity index is 1060. The van der Waals surface area contributed by atoms with Gasteiger partial charge in [-0.2, -0.15) is 4.98 Å². The number of hydrogen-bond donors (Lipinski definition) is 2. The van der Waals surface area contributed by atoms with Crippen LogP contribution < -0.4 is 10.0 Å². The van der Waals surface area contributed by atoms with Crippen molar-refractivity contribution in [3.63, 3.8) is 0 Å². The van der Waals surface area contributed by atoms with E-state index < -0.39 is 10.0 Å². The standard InChI is InChI=1S/C19H20N4O4S/c1-13(2)21-19(24)15-8-6-7-14(11-15)18-22-17(27-23-18)12-20-28(25,26)16-9-4-3-5-10-16/h3-11,13,20H,12H2,1-2H3,(H,21,24). The van der Waals surface area contributed by atoms with Gasteiger partial charge in [-0.25, -0.2) is 13.1 Å². The van der Waals surface area contributed by atoms with Crippen molar-refractivity contribution in [2.24, 2.45) is 0 Å². The van der Waals surface area contributed by atoms with E-state index >= 15 is 0 Å². The minimum Gasteiger partial charge on any atom is -0.350 e. The highest BCUT2D eigenvalue weighted by molar-refractivity contribution is 7.89. The van der Waals surface area contributed by atoms with E-state index in [-0.39, 0.29) is 35.1 Å². The van der Waals surface area contributed by atoms with Gasteiger partial charge in [0.05, 0.1) is 11.4 Å². The largest absolute Gasteiger partial charge is 0.350 e. The molecule has 8 nitrogen and oxygen atoms in total. The van der Waals surface area contributed by atoms with E-state index in [9.17, 15) is 13.2 Å². The van der Waals surface area contributed by atoms with Gasteiger partial charge in [0.2, 0.25) is 21.7 Å². The molecule has 1 aromatic heterocycles. The van der Waals surface area contributed by atoms with Crippen molar-refractivity contribution >= 4 is 15.9 Å². The Balaban J connectivity index is 1.72. The first kappa shape index (κ1) is 19.7. The van der Waals surface area contributed by atoms with E-state index in [0.717, 1.165) is 0 Å². The SMILES string of the molecule is CC(C)NC(=O)c1cccc(-c2noc(CNS(=O)(=O)c3ccccc3)n2)c1. The number of aromatic nitrogens is 2. The fourth-order valence-corrected chi connectivity index (χ4v) is 3.42. The Labute approximate surface area is 163 Å². The summed E-state index contributed by atoms with van der Waals surface area (Å²) in [5.74, 6) is 0.191. The van der Waals surface area contributed by atoms with E-state index in [1.807, 2.05) is 13.8 Å². The lowest BCUT2D eigenvalue weighted by Crippen LogP contribution is -2.30. The van der Waals surface area contributed by atoms with Crippen LogP contribution in [0.25, 0.3) is 11.4 Å². The normalized spacial score (nSPS) is 11.5. The zero-order valence-electron chi connectivity index (χ0n) is 15.4. The molecular weight excluding hydrogens is 380 g/mol. The number of amides is 1. The lowest BCUT2D eigenvalue weighted by atomic mass is 10.1. The first-order valence-corrected chi connectivity index (χ1v) is 10.1. The molecule has 0 saturated heterocycles. The highest BCUT2D eigenvalue weighted by Gasteiger charge is 2.16. The summed E-state index contributed by atoms with van der Waals surface area (Å²) in [6, 6.07) is 14.8. The Morgan fingerprint density at radius 2 is 1.86 bits per heavy atom. The number of carbonyl (C=O) groups is 1. The molecule has 0 aliphatic carbocycles. The summed E-state index contributed by atoms with van der Waals surface area (Å²) in [5, 5.41) is 6.68.